The monoisotopic (exact) mass is 224 g/mol. The van der Waals surface area contributed by atoms with Gasteiger partial charge in [-0.15, -0.1) is 0 Å². The van der Waals surface area contributed by atoms with E-state index in [1.165, 1.54) is 0 Å². The van der Waals surface area contributed by atoms with Gasteiger partial charge in [0, 0.05) is 18.7 Å². The lowest BCUT2D eigenvalue weighted by Gasteiger charge is -2.15. The molecule has 4 nitrogen and oxygen atoms in total. The van der Waals surface area contributed by atoms with Crippen molar-refractivity contribution in [3.05, 3.63) is 36.0 Å². The maximum atomic E-state index is 9.29. The molecule has 3 rings (SSSR count). The zero-order valence-corrected chi connectivity index (χ0v) is 9.35. The van der Waals surface area contributed by atoms with Crippen LogP contribution in [0.4, 0.5) is 5.95 Å². The summed E-state index contributed by atoms with van der Waals surface area (Å²) in [6.07, 6.45) is 1.03. The second-order valence-electron chi connectivity index (χ2n) is 4.04. The molecular formula is C13H12N4. The van der Waals surface area contributed by atoms with Gasteiger partial charge in [-0.25, -0.2) is 4.98 Å². The minimum Gasteiger partial charge on any atom is -0.356 e. The van der Waals surface area contributed by atoms with E-state index in [9.17, 15) is 5.26 Å². The van der Waals surface area contributed by atoms with Gasteiger partial charge in [-0.2, -0.15) is 5.26 Å². The van der Waals surface area contributed by atoms with E-state index in [4.69, 9.17) is 0 Å². The standard InChI is InChI=1S/C13H12N4/c14-9-11-12(10-5-2-1-3-6-10)16-13-15-7-4-8-17(11)13/h1-3,5-6H,4,7-8H2,(H,15,16). The first-order chi connectivity index (χ1) is 8.40. The van der Waals surface area contributed by atoms with Crippen molar-refractivity contribution in [2.45, 2.75) is 13.0 Å². The number of hydrogen-bond donors (Lipinski definition) is 1. The van der Waals surface area contributed by atoms with Gasteiger partial charge in [-0.05, 0) is 6.42 Å². The molecule has 1 aliphatic heterocycles. The maximum Gasteiger partial charge on any atom is 0.204 e. The highest BCUT2D eigenvalue weighted by Gasteiger charge is 2.19. The highest BCUT2D eigenvalue weighted by Crippen LogP contribution is 2.27. The van der Waals surface area contributed by atoms with Crippen molar-refractivity contribution in [2.75, 3.05) is 11.9 Å². The molecule has 1 aromatic carbocycles. The summed E-state index contributed by atoms with van der Waals surface area (Å²) < 4.78 is 1.96. The summed E-state index contributed by atoms with van der Waals surface area (Å²) in [6.45, 7) is 1.79. The van der Waals surface area contributed by atoms with Crippen LogP contribution in [0.3, 0.4) is 0 Å². The van der Waals surface area contributed by atoms with Gasteiger partial charge < -0.3 is 9.88 Å². The molecule has 0 fully saturated rings. The van der Waals surface area contributed by atoms with Crippen LogP contribution in [-0.2, 0) is 6.54 Å². The summed E-state index contributed by atoms with van der Waals surface area (Å²) in [6, 6.07) is 12.1. The molecule has 4 heteroatoms. The van der Waals surface area contributed by atoms with Crippen LogP contribution in [0.15, 0.2) is 30.3 Å². The van der Waals surface area contributed by atoms with E-state index in [-0.39, 0.29) is 0 Å². The Morgan fingerprint density at radius 2 is 2.12 bits per heavy atom. The molecule has 0 saturated carbocycles. The average molecular weight is 224 g/mol. The number of aromatic nitrogens is 2. The third kappa shape index (κ3) is 1.56. The fourth-order valence-corrected chi connectivity index (χ4v) is 2.15. The molecule has 0 atom stereocenters. The fraction of sp³-hybridized carbons (Fsp3) is 0.231. The van der Waals surface area contributed by atoms with Gasteiger partial charge in [0.2, 0.25) is 5.95 Å². The molecule has 17 heavy (non-hydrogen) atoms. The largest absolute Gasteiger partial charge is 0.356 e. The molecular weight excluding hydrogens is 212 g/mol. The van der Waals surface area contributed by atoms with E-state index in [2.05, 4.69) is 16.4 Å². The number of nitriles is 1. The average Bonchev–Trinajstić information content (AvgIpc) is 2.78. The molecule has 0 unspecified atom stereocenters. The van der Waals surface area contributed by atoms with E-state index in [0.29, 0.717) is 5.69 Å². The van der Waals surface area contributed by atoms with Crippen molar-refractivity contribution in [3.63, 3.8) is 0 Å². The molecule has 1 N–H and O–H groups in total. The van der Waals surface area contributed by atoms with Gasteiger partial charge in [0.15, 0.2) is 0 Å². The lowest BCUT2D eigenvalue weighted by atomic mass is 10.1. The van der Waals surface area contributed by atoms with E-state index >= 15 is 0 Å². The van der Waals surface area contributed by atoms with Crippen molar-refractivity contribution in [2.24, 2.45) is 0 Å². The first-order valence-corrected chi connectivity index (χ1v) is 5.70. The summed E-state index contributed by atoms with van der Waals surface area (Å²) in [4.78, 5) is 4.52. The predicted molar refractivity (Wildman–Crippen MR) is 65.5 cm³/mol. The Bertz CT molecular complexity index is 577. The molecule has 1 aliphatic rings. The number of anilines is 1. The van der Waals surface area contributed by atoms with Crippen molar-refractivity contribution < 1.29 is 0 Å². The molecule has 0 radical (unpaired) electrons. The highest BCUT2D eigenvalue weighted by molar-refractivity contribution is 5.67. The number of rotatable bonds is 1. The Morgan fingerprint density at radius 3 is 2.88 bits per heavy atom. The van der Waals surface area contributed by atoms with Crippen LogP contribution in [0.25, 0.3) is 11.3 Å². The van der Waals surface area contributed by atoms with Gasteiger partial charge in [0.05, 0.1) is 0 Å². The first-order valence-electron chi connectivity index (χ1n) is 5.70. The lowest BCUT2D eigenvalue weighted by molar-refractivity contribution is 0.622. The number of fused-ring (bicyclic) bond motifs is 1. The Kier molecular flexibility index (Phi) is 2.30. The van der Waals surface area contributed by atoms with E-state index in [0.717, 1.165) is 36.7 Å². The quantitative estimate of drug-likeness (QED) is 0.808. The minimum atomic E-state index is 0.651. The molecule has 0 spiro atoms. The SMILES string of the molecule is N#Cc1c(-c2ccccc2)nc2n1CCCN2. The summed E-state index contributed by atoms with van der Waals surface area (Å²) in [5, 5.41) is 12.5. The summed E-state index contributed by atoms with van der Waals surface area (Å²) in [5.41, 5.74) is 2.42. The Balaban J connectivity index is 2.18. The highest BCUT2D eigenvalue weighted by atomic mass is 15.2. The first kappa shape index (κ1) is 9.91. The zero-order valence-electron chi connectivity index (χ0n) is 9.35. The van der Waals surface area contributed by atoms with Crippen molar-refractivity contribution in [3.8, 4) is 17.3 Å². The van der Waals surface area contributed by atoms with Gasteiger partial charge in [-0.3, -0.25) is 0 Å². The number of benzene rings is 1. The summed E-state index contributed by atoms with van der Waals surface area (Å²) in [7, 11) is 0. The van der Waals surface area contributed by atoms with Crippen molar-refractivity contribution in [1.29, 1.82) is 5.26 Å². The molecule has 84 valence electrons. The fourth-order valence-electron chi connectivity index (χ4n) is 2.15. The predicted octanol–water partition coefficient (Wildman–Crippen LogP) is 2.24. The third-order valence-corrected chi connectivity index (χ3v) is 2.96. The van der Waals surface area contributed by atoms with Crippen LogP contribution in [0.2, 0.25) is 0 Å². The van der Waals surface area contributed by atoms with Crippen molar-refractivity contribution in [1.82, 2.24) is 9.55 Å². The van der Waals surface area contributed by atoms with E-state index in [1.807, 2.05) is 34.9 Å². The van der Waals surface area contributed by atoms with Crippen LogP contribution < -0.4 is 5.32 Å². The number of nitrogens with one attached hydrogen (secondary N) is 1. The van der Waals surface area contributed by atoms with Gasteiger partial charge in [0.25, 0.3) is 0 Å². The Hall–Kier alpha value is -2.28. The van der Waals surface area contributed by atoms with Crippen molar-refractivity contribution >= 4 is 5.95 Å². The Labute approximate surface area is 99.5 Å². The van der Waals surface area contributed by atoms with Crippen LogP contribution in [-0.4, -0.2) is 16.1 Å². The Morgan fingerprint density at radius 1 is 1.29 bits per heavy atom. The minimum absolute atomic E-state index is 0.651. The second kappa shape index (κ2) is 3.95. The normalized spacial score (nSPS) is 13.6. The molecule has 0 saturated heterocycles. The number of hydrogen-bond acceptors (Lipinski definition) is 3. The molecule has 1 aromatic heterocycles. The number of nitrogens with zero attached hydrogens (tertiary/aromatic N) is 3. The third-order valence-electron chi connectivity index (χ3n) is 2.96. The molecule has 2 heterocycles. The van der Waals surface area contributed by atoms with Gasteiger partial charge in [0.1, 0.15) is 17.5 Å². The summed E-state index contributed by atoms with van der Waals surface area (Å²) in [5.74, 6) is 0.812. The molecule has 2 aromatic rings. The zero-order chi connectivity index (χ0) is 11.7. The lowest BCUT2D eigenvalue weighted by Crippen LogP contribution is -2.18. The topological polar surface area (TPSA) is 53.6 Å². The van der Waals surface area contributed by atoms with Crippen LogP contribution in [0.5, 0.6) is 0 Å². The van der Waals surface area contributed by atoms with E-state index in [1.54, 1.807) is 0 Å². The molecule has 0 amide bonds. The maximum absolute atomic E-state index is 9.29. The molecule has 0 aliphatic carbocycles. The van der Waals surface area contributed by atoms with Gasteiger partial charge in [-0.1, -0.05) is 30.3 Å². The van der Waals surface area contributed by atoms with Gasteiger partial charge >= 0.3 is 0 Å². The van der Waals surface area contributed by atoms with Crippen LogP contribution >= 0.6 is 0 Å². The van der Waals surface area contributed by atoms with Crippen LogP contribution in [0, 0.1) is 11.3 Å². The smallest absolute Gasteiger partial charge is 0.204 e. The van der Waals surface area contributed by atoms with Crippen LogP contribution in [0.1, 0.15) is 12.1 Å². The second-order valence-corrected chi connectivity index (χ2v) is 4.04. The molecule has 0 bridgehead atoms. The summed E-state index contributed by atoms with van der Waals surface area (Å²) >= 11 is 0. The van der Waals surface area contributed by atoms with E-state index < -0.39 is 0 Å². The number of imidazole rings is 1.